The Morgan fingerprint density at radius 3 is 2.65 bits per heavy atom. The van der Waals surface area contributed by atoms with Crippen molar-refractivity contribution in [1.29, 1.82) is 0 Å². The molecule has 2 rings (SSSR count). The predicted octanol–water partition coefficient (Wildman–Crippen LogP) is 3.37. The monoisotopic (exact) mass is 331 g/mol. The molecule has 0 unspecified atom stereocenters. The zero-order valence-corrected chi connectivity index (χ0v) is 12.0. The molecular formula is C14H13F4N3O2. The van der Waals surface area contributed by atoms with Crippen molar-refractivity contribution in [2.75, 3.05) is 5.32 Å². The van der Waals surface area contributed by atoms with Gasteiger partial charge in [-0.15, -0.1) is 0 Å². The fourth-order valence-electron chi connectivity index (χ4n) is 1.96. The minimum atomic E-state index is -3.05. The Hall–Kier alpha value is -2.58. The third-order valence-corrected chi connectivity index (χ3v) is 2.83. The Morgan fingerprint density at radius 2 is 2.00 bits per heavy atom. The molecule has 1 amide bonds. The number of carbonyl (C=O) groups is 1. The van der Waals surface area contributed by atoms with Crippen molar-refractivity contribution in [1.82, 2.24) is 9.78 Å². The molecule has 124 valence electrons. The lowest BCUT2D eigenvalue weighted by Crippen LogP contribution is -2.21. The van der Waals surface area contributed by atoms with Gasteiger partial charge in [-0.1, -0.05) is 12.1 Å². The van der Waals surface area contributed by atoms with Gasteiger partial charge in [-0.25, -0.2) is 8.78 Å². The Kier molecular flexibility index (Phi) is 5.20. The number of halogens is 4. The average Bonchev–Trinajstić information content (AvgIpc) is 2.81. The second kappa shape index (κ2) is 7.12. The lowest BCUT2D eigenvalue weighted by Gasteiger charge is -2.12. The smallest absolute Gasteiger partial charge is 0.387 e. The van der Waals surface area contributed by atoms with E-state index in [1.54, 1.807) is 0 Å². The standard InChI is InChI=1S/C14H13F4N3O2/c1-8-6-10(13(15)16)21(20-8)7-12(22)19-9-4-2-3-5-11(9)23-14(17)18/h2-6,13-14H,7H2,1H3,(H,19,22). The van der Waals surface area contributed by atoms with E-state index in [2.05, 4.69) is 15.2 Å². The van der Waals surface area contributed by atoms with Crippen molar-refractivity contribution >= 4 is 11.6 Å². The van der Waals surface area contributed by atoms with Crippen molar-refractivity contribution < 1.29 is 27.1 Å². The number of nitrogens with zero attached hydrogens (tertiary/aromatic N) is 2. The van der Waals surface area contributed by atoms with Gasteiger partial charge in [0.25, 0.3) is 6.43 Å². The number of hydrogen-bond donors (Lipinski definition) is 1. The van der Waals surface area contributed by atoms with E-state index in [0.29, 0.717) is 5.69 Å². The van der Waals surface area contributed by atoms with E-state index >= 15 is 0 Å². The second-order valence-corrected chi connectivity index (χ2v) is 4.59. The molecule has 23 heavy (non-hydrogen) atoms. The van der Waals surface area contributed by atoms with Gasteiger partial charge in [0.15, 0.2) is 0 Å². The van der Waals surface area contributed by atoms with E-state index in [4.69, 9.17) is 0 Å². The molecule has 0 aliphatic carbocycles. The van der Waals surface area contributed by atoms with Gasteiger partial charge in [-0.2, -0.15) is 13.9 Å². The van der Waals surface area contributed by atoms with Crippen molar-refractivity contribution in [2.24, 2.45) is 0 Å². The minimum absolute atomic E-state index is 0.0141. The van der Waals surface area contributed by atoms with Gasteiger partial charge < -0.3 is 10.1 Å². The fourth-order valence-corrected chi connectivity index (χ4v) is 1.96. The van der Waals surface area contributed by atoms with E-state index in [0.717, 1.165) is 4.68 Å². The average molecular weight is 331 g/mol. The van der Waals surface area contributed by atoms with Crippen LogP contribution in [-0.4, -0.2) is 22.3 Å². The van der Waals surface area contributed by atoms with Crippen LogP contribution in [0.25, 0.3) is 0 Å². The zero-order chi connectivity index (χ0) is 17.0. The number of hydrogen-bond acceptors (Lipinski definition) is 3. The van der Waals surface area contributed by atoms with Crippen LogP contribution in [0.15, 0.2) is 30.3 Å². The second-order valence-electron chi connectivity index (χ2n) is 4.59. The number of anilines is 1. The highest BCUT2D eigenvalue weighted by molar-refractivity contribution is 5.92. The van der Waals surface area contributed by atoms with Gasteiger partial charge >= 0.3 is 6.61 Å². The molecule has 0 fully saturated rings. The molecule has 1 heterocycles. The molecule has 1 aromatic heterocycles. The SMILES string of the molecule is Cc1cc(C(F)F)n(CC(=O)Nc2ccccc2OC(F)F)n1. The summed E-state index contributed by atoms with van der Waals surface area (Å²) in [4.78, 5) is 11.9. The number of para-hydroxylation sites is 2. The normalized spacial score (nSPS) is 11.1. The summed E-state index contributed by atoms with van der Waals surface area (Å²) >= 11 is 0. The number of nitrogens with one attached hydrogen (secondary N) is 1. The highest BCUT2D eigenvalue weighted by atomic mass is 19.3. The van der Waals surface area contributed by atoms with Crippen LogP contribution in [0.2, 0.25) is 0 Å². The summed E-state index contributed by atoms with van der Waals surface area (Å²) in [7, 11) is 0. The van der Waals surface area contributed by atoms with Crippen molar-refractivity contribution in [3.05, 3.63) is 41.7 Å². The van der Waals surface area contributed by atoms with E-state index in [9.17, 15) is 22.4 Å². The first-order valence-corrected chi connectivity index (χ1v) is 6.53. The maximum absolute atomic E-state index is 12.8. The molecule has 1 N–H and O–H groups in total. The summed E-state index contributed by atoms with van der Waals surface area (Å²) in [5, 5.41) is 6.15. The molecule has 0 atom stereocenters. The Bertz CT molecular complexity index is 688. The third kappa shape index (κ3) is 4.44. The van der Waals surface area contributed by atoms with Crippen molar-refractivity contribution in [2.45, 2.75) is 26.5 Å². The molecule has 2 aromatic rings. The van der Waals surface area contributed by atoms with Gasteiger partial charge in [0.1, 0.15) is 18.0 Å². The molecule has 0 aliphatic rings. The molecule has 0 bridgehead atoms. The number of aryl methyl sites for hydroxylation is 1. The van der Waals surface area contributed by atoms with Gasteiger partial charge in [-0.3, -0.25) is 9.48 Å². The van der Waals surface area contributed by atoms with Crippen LogP contribution in [0.3, 0.4) is 0 Å². The van der Waals surface area contributed by atoms with Crippen LogP contribution in [0.1, 0.15) is 17.8 Å². The molecule has 0 saturated heterocycles. The number of ether oxygens (including phenoxy) is 1. The highest BCUT2D eigenvalue weighted by Crippen LogP contribution is 2.25. The molecular weight excluding hydrogens is 318 g/mol. The summed E-state index contributed by atoms with van der Waals surface area (Å²) in [6.07, 6.45) is -2.78. The third-order valence-electron chi connectivity index (χ3n) is 2.83. The van der Waals surface area contributed by atoms with Gasteiger partial charge in [0, 0.05) is 0 Å². The largest absolute Gasteiger partial charge is 0.433 e. The number of amides is 1. The number of rotatable bonds is 6. The van der Waals surface area contributed by atoms with Crippen LogP contribution in [0.5, 0.6) is 5.75 Å². The molecule has 0 spiro atoms. The molecule has 9 heteroatoms. The first-order valence-electron chi connectivity index (χ1n) is 6.53. The quantitative estimate of drug-likeness (QED) is 0.826. The number of aromatic nitrogens is 2. The predicted molar refractivity (Wildman–Crippen MR) is 73.6 cm³/mol. The molecule has 0 aliphatic heterocycles. The summed E-state index contributed by atoms with van der Waals surface area (Å²) in [6, 6.07) is 6.75. The van der Waals surface area contributed by atoms with Crippen molar-refractivity contribution in [3.63, 3.8) is 0 Å². The summed E-state index contributed by atoms with van der Waals surface area (Å²) < 4.78 is 55.4. The first kappa shape index (κ1) is 16.8. The molecule has 1 aromatic carbocycles. The fraction of sp³-hybridized carbons (Fsp3) is 0.286. The Morgan fingerprint density at radius 1 is 1.30 bits per heavy atom. The van der Waals surface area contributed by atoms with Crippen LogP contribution >= 0.6 is 0 Å². The maximum atomic E-state index is 12.8. The maximum Gasteiger partial charge on any atom is 0.387 e. The van der Waals surface area contributed by atoms with Gasteiger partial charge in [0.2, 0.25) is 5.91 Å². The van der Waals surface area contributed by atoms with Crippen molar-refractivity contribution in [3.8, 4) is 5.75 Å². The Balaban J connectivity index is 2.12. The van der Waals surface area contributed by atoms with E-state index < -0.39 is 31.2 Å². The van der Waals surface area contributed by atoms with E-state index in [1.807, 2.05) is 0 Å². The lowest BCUT2D eigenvalue weighted by atomic mass is 10.3. The van der Waals surface area contributed by atoms with Crippen LogP contribution < -0.4 is 10.1 Å². The van der Waals surface area contributed by atoms with E-state index in [-0.39, 0.29) is 11.4 Å². The molecule has 0 radical (unpaired) electrons. The van der Waals surface area contributed by atoms with Gasteiger partial charge in [-0.05, 0) is 25.1 Å². The first-order chi connectivity index (χ1) is 10.9. The Labute approximate surface area is 128 Å². The number of benzene rings is 1. The molecule has 0 saturated carbocycles. The minimum Gasteiger partial charge on any atom is -0.433 e. The summed E-state index contributed by atoms with van der Waals surface area (Å²) in [5.41, 5.74) is -0.0374. The zero-order valence-electron chi connectivity index (χ0n) is 12.0. The van der Waals surface area contributed by atoms with Crippen LogP contribution in [-0.2, 0) is 11.3 Å². The number of alkyl halides is 4. The van der Waals surface area contributed by atoms with Crippen LogP contribution in [0, 0.1) is 6.92 Å². The lowest BCUT2D eigenvalue weighted by molar-refractivity contribution is -0.117. The highest BCUT2D eigenvalue weighted by Gasteiger charge is 2.18. The summed E-state index contributed by atoms with van der Waals surface area (Å²) in [5.74, 6) is -0.915. The van der Waals surface area contributed by atoms with Crippen LogP contribution in [0.4, 0.5) is 23.2 Å². The summed E-state index contributed by atoms with van der Waals surface area (Å²) in [6.45, 7) is -2.00. The molecule has 5 nitrogen and oxygen atoms in total. The van der Waals surface area contributed by atoms with Gasteiger partial charge in [0.05, 0.1) is 11.4 Å². The topological polar surface area (TPSA) is 56.2 Å². The number of carbonyl (C=O) groups excluding carboxylic acids is 1. The van der Waals surface area contributed by atoms with E-state index in [1.165, 1.54) is 37.3 Å².